The number of nitrogens with zero attached hydrogens (tertiary/aromatic N) is 2. The predicted molar refractivity (Wildman–Crippen MR) is 111 cm³/mol. The molecule has 5 nitrogen and oxygen atoms in total. The summed E-state index contributed by atoms with van der Waals surface area (Å²) in [4.78, 5) is 23.2. The molecule has 0 radical (unpaired) electrons. The SMILES string of the molecule is O=C(CNc1ncnc2sc(-c3ccccc3)cc12)NC1CCCCCC1. The third-order valence-electron chi connectivity index (χ3n) is 5.02. The van der Waals surface area contributed by atoms with Crippen LogP contribution < -0.4 is 10.6 Å². The molecule has 3 aromatic rings. The Bertz CT molecular complexity index is 901. The van der Waals surface area contributed by atoms with Crippen molar-refractivity contribution in [3.05, 3.63) is 42.7 Å². The quantitative estimate of drug-likeness (QED) is 0.634. The molecule has 4 rings (SSSR count). The van der Waals surface area contributed by atoms with Gasteiger partial charge in [-0.1, -0.05) is 56.0 Å². The van der Waals surface area contributed by atoms with Crippen LogP contribution in [0.1, 0.15) is 38.5 Å². The summed E-state index contributed by atoms with van der Waals surface area (Å²) in [5, 5.41) is 7.33. The van der Waals surface area contributed by atoms with Gasteiger partial charge in [-0.2, -0.15) is 0 Å². The molecule has 1 aliphatic rings. The van der Waals surface area contributed by atoms with Crippen LogP contribution in [-0.4, -0.2) is 28.5 Å². The molecule has 0 unspecified atom stereocenters. The minimum absolute atomic E-state index is 0.0344. The summed E-state index contributed by atoms with van der Waals surface area (Å²) in [5.41, 5.74) is 1.16. The van der Waals surface area contributed by atoms with E-state index >= 15 is 0 Å². The lowest BCUT2D eigenvalue weighted by molar-refractivity contribution is -0.120. The highest BCUT2D eigenvalue weighted by Gasteiger charge is 2.15. The maximum Gasteiger partial charge on any atom is 0.239 e. The number of hydrogen-bond acceptors (Lipinski definition) is 5. The smallest absolute Gasteiger partial charge is 0.239 e. The summed E-state index contributed by atoms with van der Waals surface area (Å²) >= 11 is 1.64. The van der Waals surface area contributed by atoms with E-state index < -0.39 is 0 Å². The Hall–Kier alpha value is -2.47. The van der Waals surface area contributed by atoms with Gasteiger partial charge in [0.1, 0.15) is 17.0 Å². The Morgan fingerprint density at radius 3 is 2.63 bits per heavy atom. The first kappa shape index (κ1) is 17.9. The van der Waals surface area contributed by atoms with E-state index in [0.29, 0.717) is 6.04 Å². The minimum Gasteiger partial charge on any atom is -0.360 e. The second-order valence-corrected chi connectivity index (χ2v) is 8.06. The van der Waals surface area contributed by atoms with E-state index in [4.69, 9.17) is 0 Å². The molecular weight excluding hydrogens is 356 g/mol. The van der Waals surface area contributed by atoms with Crippen molar-refractivity contribution >= 4 is 33.3 Å². The molecule has 1 saturated carbocycles. The number of nitrogens with one attached hydrogen (secondary N) is 2. The Labute approximate surface area is 163 Å². The van der Waals surface area contributed by atoms with Crippen molar-refractivity contribution in [3.63, 3.8) is 0 Å². The number of hydrogen-bond donors (Lipinski definition) is 2. The number of carbonyl (C=O) groups is 1. The lowest BCUT2D eigenvalue weighted by Gasteiger charge is -2.16. The van der Waals surface area contributed by atoms with Crippen LogP contribution in [-0.2, 0) is 4.79 Å². The van der Waals surface area contributed by atoms with Gasteiger partial charge in [0.05, 0.1) is 11.9 Å². The first-order valence-electron chi connectivity index (χ1n) is 9.63. The minimum atomic E-state index is 0.0344. The molecule has 1 aromatic carbocycles. The second-order valence-electron chi connectivity index (χ2n) is 7.03. The van der Waals surface area contributed by atoms with Crippen molar-refractivity contribution in [2.45, 2.75) is 44.6 Å². The molecule has 0 spiro atoms. The average molecular weight is 381 g/mol. The Morgan fingerprint density at radius 1 is 1.07 bits per heavy atom. The van der Waals surface area contributed by atoms with E-state index in [9.17, 15) is 4.79 Å². The number of benzene rings is 1. The monoisotopic (exact) mass is 380 g/mol. The van der Waals surface area contributed by atoms with Gasteiger partial charge in [0.15, 0.2) is 0 Å². The molecule has 0 bridgehead atoms. The van der Waals surface area contributed by atoms with Gasteiger partial charge < -0.3 is 10.6 Å². The lowest BCUT2D eigenvalue weighted by Crippen LogP contribution is -2.38. The van der Waals surface area contributed by atoms with Crippen molar-refractivity contribution in [2.75, 3.05) is 11.9 Å². The van der Waals surface area contributed by atoms with Crippen LogP contribution in [0.25, 0.3) is 20.7 Å². The summed E-state index contributed by atoms with van der Waals surface area (Å²) < 4.78 is 0. The molecule has 0 aliphatic heterocycles. The molecule has 0 atom stereocenters. The fraction of sp³-hybridized carbons (Fsp3) is 0.381. The van der Waals surface area contributed by atoms with Gasteiger partial charge in [-0.3, -0.25) is 4.79 Å². The van der Waals surface area contributed by atoms with Crippen molar-refractivity contribution < 1.29 is 4.79 Å². The van der Waals surface area contributed by atoms with Crippen LogP contribution in [0.5, 0.6) is 0 Å². The van der Waals surface area contributed by atoms with Gasteiger partial charge in [-0.15, -0.1) is 11.3 Å². The Balaban J connectivity index is 1.44. The number of amides is 1. The lowest BCUT2D eigenvalue weighted by atomic mass is 10.1. The number of fused-ring (bicyclic) bond motifs is 1. The molecule has 140 valence electrons. The van der Waals surface area contributed by atoms with E-state index in [1.54, 1.807) is 17.7 Å². The Morgan fingerprint density at radius 2 is 1.85 bits per heavy atom. The third-order valence-corrected chi connectivity index (χ3v) is 6.12. The first-order valence-corrected chi connectivity index (χ1v) is 10.4. The first-order chi connectivity index (χ1) is 13.3. The van der Waals surface area contributed by atoms with Crippen LogP contribution in [0, 0.1) is 0 Å². The van der Waals surface area contributed by atoms with Crippen molar-refractivity contribution in [1.29, 1.82) is 0 Å². The summed E-state index contributed by atoms with van der Waals surface area (Å²) in [6.45, 7) is 0.235. The molecule has 0 saturated heterocycles. The second kappa shape index (κ2) is 8.48. The van der Waals surface area contributed by atoms with E-state index in [2.05, 4.69) is 38.8 Å². The van der Waals surface area contributed by atoms with Crippen molar-refractivity contribution in [2.24, 2.45) is 0 Å². The average Bonchev–Trinajstić information content (AvgIpc) is 2.98. The summed E-state index contributed by atoms with van der Waals surface area (Å²) in [6.07, 6.45) is 8.73. The normalized spacial score (nSPS) is 15.4. The standard InChI is InChI=1S/C21H24N4OS/c26-19(25-16-10-6-1-2-7-11-16)13-22-20-17-12-18(15-8-4-3-5-9-15)27-21(17)24-14-23-20/h3-5,8-9,12,14,16H,1-2,6-7,10-11,13H2,(H,25,26)(H,22,23,24). The maximum atomic E-state index is 12.3. The maximum absolute atomic E-state index is 12.3. The zero-order chi connectivity index (χ0) is 18.5. The number of carbonyl (C=O) groups excluding carboxylic acids is 1. The van der Waals surface area contributed by atoms with Crippen molar-refractivity contribution in [3.8, 4) is 10.4 Å². The third kappa shape index (κ3) is 4.45. The van der Waals surface area contributed by atoms with Gasteiger partial charge in [0.25, 0.3) is 0 Å². The summed E-state index contributed by atoms with van der Waals surface area (Å²) in [5.74, 6) is 0.752. The molecule has 1 aliphatic carbocycles. The van der Waals surface area contributed by atoms with Gasteiger partial charge in [0, 0.05) is 10.9 Å². The van der Waals surface area contributed by atoms with Gasteiger partial charge in [0.2, 0.25) is 5.91 Å². The molecule has 1 fully saturated rings. The summed E-state index contributed by atoms with van der Waals surface area (Å²) in [6, 6.07) is 12.7. The largest absolute Gasteiger partial charge is 0.360 e. The topological polar surface area (TPSA) is 66.9 Å². The zero-order valence-corrected chi connectivity index (χ0v) is 16.1. The predicted octanol–water partition coefficient (Wildman–Crippen LogP) is 4.61. The van der Waals surface area contributed by atoms with Crippen molar-refractivity contribution in [1.82, 2.24) is 15.3 Å². The molecule has 1 amide bonds. The summed E-state index contributed by atoms with van der Waals surface area (Å²) in [7, 11) is 0. The number of aromatic nitrogens is 2. The van der Waals surface area contributed by atoms with E-state index in [1.165, 1.54) is 25.7 Å². The number of thiophene rings is 1. The zero-order valence-electron chi connectivity index (χ0n) is 15.3. The number of rotatable bonds is 5. The van der Waals surface area contributed by atoms with E-state index in [1.807, 2.05) is 18.2 Å². The molecule has 2 aromatic heterocycles. The fourth-order valence-electron chi connectivity index (χ4n) is 3.61. The highest BCUT2D eigenvalue weighted by molar-refractivity contribution is 7.21. The molecule has 2 N–H and O–H groups in total. The van der Waals surface area contributed by atoms with Crippen LogP contribution >= 0.6 is 11.3 Å². The van der Waals surface area contributed by atoms with E-state index in [-0.39, 0.29) is 12.5 Å². The Kier molecular flexibility index (Phi) is 5.63. The highest BCUT2D eigenvalue weighted by Crippen LogP contribution is 2.34. The fourth-order valence-corrected chi connectivity index (χ4v) is 4.61. The van der Waals surface area contributed by atoms with Crippen LogP contribution in [0.2, 0.25) is 0 Å². The van der Waals surface area contributed by atoms with Gasteiger partial charge >= 0.3 is 0 Å². The molecule has 27 heavy (non-hydrogen) atoms. The van der Waals surface area contributed by atoms with Crippen LogP contribution in [0.4, 0.5) is 5.82 Å². The van der Waals surface area contributed by atoms with Crippen LogP contribution in [0.3, 0.4) is 0 Å². The van der Waals surface area contributed by atoms with E-state index in [0.717, 1.165) is 39.3 Å². The molecular formula is C21H24N4OS. The molecule has 2 heterocycles. The van der Waals surface area contributed by atoms with Crippen LogP contribution in [0.15, 0.2) is 42.7 Å². The number of anilines is 1. The van der Waals surface area contributed by atoms with Gasteiger partial charge in [-0.05, 0) is 24.5 Å². The highest BCUT2D eigenvalue weighted by atomic mass is 32.1. The van der Waals surface area contributed by atoms with Gasteiger partial charge in [-0.25, -0.2) is 9.97 Å². The molecule has 6 heteroatoms.